The molecule has 1 saturated heterocycles. The van der Waals surface area contributed by atoms with Crippen molar-refractivity contribution in [1.29, 1.82) is 0 Å². The molecule has 1 rings (SSSR count). The van der Waals surface area contributed by atoms with Gasteiger partial charge < -0.3 is 10.1 Å². The third-order valence-electron chi connectivity index (χ3n) is 2.10. The van der Waals surface area contributed by atoms with Crippen LogP contribution < -0.4 is 5.32 Å². The molecule has 2 heteroatoms. The van der Waals surface area contributed by atoms with Gasteiger partial charge >= 0.3 is 0 Å². The Labute approximate surface area is 69.3 Å². The Balaban J connectivity index is 1.96. The molecule has 2 nitrogen and oxygen atoms in total. The van der Waals surface area contributed by atoms with Crippen molar-refractivity contribution in [1.82, 2.24) is 5.32 Å². The summed E-state index contributed by atoms with van der Waals surface area (Å²) in [5.74, 6) is 0. The van der Waals surface area contributed by atoms with Crippen LogP contribution in [0.15, 0.2) is 0 Å². The maximum absolute atomic E-state index is 5.66. The SMILES string of the molecule is CCCCOC1CCCNC1. The monoisotopic (exact) mass is 157 g/mol. The van der Waals surface area contributed by atoms with E-state index in [4.69, 9.17) is 4.74 Å². The summed E-state index contributed by atoms with van der Waals surface area (Å²) in [6, 6.07) is 0. The summed E-state index contributed by atoms with van der Waals surface area (Å²) >= 11 is 0. The van der Waals surface area contributed by atoms with Crippen molar-refractivity contribution >= 4 is 0 Å². The first-order valence-corrected chi connectivity index (χ1v) is 4.76. The second-order valence-electron chi connectivity index (χ2n) is 3.19. The van der Waals surface area contributed by atoms with Gasteiger partial charge in [-0.3, -0.25) is 0 Å². The molecule has 66 valence electrons. The third kappa shape index (κ3) is 3.73. The maximum Gasteiger partial charge on any atom is 0.0699 e. The van der Waals surface area contributed by atoms with Crippen LogP contribution in [-0.4, -0.2) is 25.8 Å². The molecule has 1 unspecified atom stereocenters. The van der Waals surface area contributed by atoms with Crippen molar-refractivity contribution in [2.24, 2.45) is 0 Å². The number of ether oxygens (including phenoxy) is 1. The molecule has 1 atom stereocenters. The molecule has 0 saturated carbocycles. The molecule has 0 radical (unpaired) electrons. The van der Waals surface area contributed by atoms with Gasteiger partial charge in [0.2, 0.25) is 0 Å². The number of nitrogens with one attached hydrogen (secondary N) is 1. The van der Waals surface area contributed by atoms with Crippen LogP contribution in [0.2, 0.25) is 0 Å². The average molecular weight is 157 g/mol. The van der Waals surface area contributed by atoms with Gasteiger partial charge in [-0.2, -0.15) is 0 Å². The standard InChI is InChI=1S/C9H19NO/c1-2-3-7-11-9-5-4-6-10-8-9/h9-10H,2-8H2,1H3. The highest BCUT2D eigenvalue weighted by molar-refractivity contribution is 4.68. The molecule has 1 N–H and O–H groups in total. The van der Waals surface area contributed by atoms with E-state index in [2.05, 4.69) is 12.2 Å². The fourth-order valence-corrected chi connectivity index (χ4v) is 1.36. The summed E-state index contributed by atoms with van der Waals surface area (Å²) in [6.45, 7) is 5.38. The lowest BCUT2D eigenvalue weighted by Crippen LogP contribution is -2.35. The molecular weight excluding hydrogens is 138 g/mol. The number of hydrogen-bond donors (Lipinski definition) is 1. The Morgan fingerprint density at radius 3 is 3.09 bits per heavy atom. The van der Waals surface area contributed by atoms with Crippen LogP contribution in [0, 0.1) is 0 Å². The Bertz CT molecular complexity index is 89.6. The average Bonchev–Trinajstić information content (AvgIpc) is 2.07. The molecule has 1 heterocycles. The van der Waals surface area contributed by atoms with Gasteiger partial charge in [-0.15, -0.1) is 0 Å². The fourth-order valence-electron chi connectivity index (χ4n) is 1.36. The first-order valence-electron chi connectivity index (χ1n) is 4.76. The summed E-state index contributed by atoms with van der Waals surface area (Å²) < 4.78 is 5.66. The lowest BCUT2D eigenvalue weighted by molar-refractivity contribution is 0.0354. The smallest absolute Gasteiger partial charge is 0.0699 e. The first kappa shape index (κ1) is 9.01. The Morgan fingerprint density at radius 1 is 1.55 bits per heavy atom. The predicted octanol–water partition coefficient (Wildman–Crippen LogP) is 1.56. The van der Waals surface area contributed by atoms with E-state index >= 15 is 0 Å². The highest BCUT2D eigenvalue weighted by Gasteiger charge is 2.11. The van der Waals surface area contributed by atoms with E-state index in [1.165, 1.54) is 32.2 Å². The van der Waals surface area contributed by atoms with Gasteiger partial charge in [-0.1, -0.05) is 13.3 Å². The van der Waals surface area contributed by atoms with Crippen molar-refractivity contribution < 1.29 is 4.74 Å². The number of hydrogen-bond acceptors (Lipinski definition) is 2. The number of piperidine rings is 1. The molecule has 0 bridgehead atoms. The van der Waals surface area contributed by atoms with Crippen LogP contribution in [0.4, 0.5) is 0 Å². The van der Waals surface area contributed by atoms with Gasteiger partial charge in [0.25, 0.3) is 0 Å². The molecule has 1 aliphatic rings. The maximum atomic E-state index is 5.66. The van der Waals surface area contributed by atoms with Crippen molar-refractivity contribution in [3.05, 3.63) is 0 Å². The van der Waals surface area contributed by atoms with E-state index < -0.39 is 0 Å². The second kappa shape index (κ2) is 5.56. The molecule has 1 aliphatic heterocycles. The van der Waals surface area contributed by atoms with Crippen LogP contribution in [0.1, 0.15) is 32.6 Å². The normalized spacial score (nSPS) is 25.4. The summed E-state index contributed by atoms with van der Waals surface area (Å²) in [7, 11) is 0. The largest absolute Gasteiger partial charge is 0.377 e. The Morgan fingerprint density at radius 2 is 2.45 bits per heavy atom. The van der Waals surface area contributed by atoms with Crippen LogP contribution in [0.5, 0.6) is 0 Å². The molecule has 0 aromatic rings. The van der Waals surface area contributed by atoms with Gasteiger partial charge in [-0.05, 0) is 25.8 Å². The third-order valence-corrected chi connectivity index (χ3v) is 2.10. The Kier molecular flexibility index (Phi) is 4.55. The molecule has 0 aromatic heterocycles. The van der Waals surface area contributed by atoms with Gasteiger partial charge in [-0.25, -0.2) is 0 Å². The van der Waals surface area contributed by atoms with Crippen molar-refractivity contribution in [2.45, 2.75) is 38.7 Å². The highest BCUT2D eigenvalue weighted by atomic mass is 16.5. The lowest BCUT2D eigenvalue weighted by Gasteiger charge is -2.22. The van der Waals surface area contributed by atoms with E-state index in [1.807, 2.05) is 0 Å². The number of rotatable bonds is 4. The van der Waals surface area contributed by atoms with E-state index in [-0.39, 0.29) is 0 Å². The quantitative estimate of drug-likeness (QED) is 0.625. The second-order valence-corrected chi connectivity index (χ2v) is 3.19. The van der Waals surface area contributed by atoms with Crippen LogP contribution >= 0.6 is 0 Å². The predicted molar refractivity (Wildman–Crippen MR) is 46.8 cm³/mol. The number of unbranched alkanes of at least 4 members (excludes halogenated alkanes) is 1. The summed E-state index contributed by atoms with van der Waals surface area (Å²) in [5.41, 5.74) is 0. The lowest BCUT2D eigenvalue weighted by atomic mass is 10.1. The minimum atomic E-state index is 0.496. The molecule has 0 aromatic carbocycles. The van der Waals surface area contributed by atoms with E-state index in [0.29, 0.717) is 6.10 Å². The van der Waals surface area contributed by atoms with E-state index in [0.717, 1.165) is 13.2 Å². The minimum absolute atomic E-state index is 0.496. The highest BCUT2D eigenvalue weighted by Crippen LogP contribution is 2.06. The molecule has 11 heavy (non-hydrogen) atoms. The Hall–Kier alpha value is -0.0800. The fraction of sp³-hybridized carbons (Fsp3) is 1.00. The summed E-state index contributed by atoms with van der Waals surface area (Å²) in [4.78, 5) is 0. The van der Waals surface area contributed by atoms with E-state index in [1.54, 1.807) is 0 Å². The summed E-state index contributed by atoms with van der Waals surface area (Å²) in [6.07, 6.45) is 5.46. The zero-order valence-corrected chi connectivity index (χ0v) is 7.44. The van der Waals surface area contributed by atoms with Gasteiger partial charge in [0.1, 0.15) is 0 Å². The topological polar surface area (TPSA) is 21.3 Å². The molecule has 1 fully saturated rings. The zero-order chi connectivity index (χ0) is 7.94. The van der Waals surface area contributed by atoms with Gasteiger partial charge in [0.05, 0.1) is 6.10 Å². The van der Waals surface area contributed by atoms with Crippen molar-refractivity contribution in [3.8, 4) is 0 Å². The van der Waals surface area contributed by atoms with Crippen LogP contribution in [0.25, 0.3) is 0 Å². The van der Waals surface area contributed by atoms with Crippen molar-refractivity contribution in [2.75, 3.05) is 19.7 Å². The van der Waals surface area contributed by atoms with Crippen LogP contribution in [-0.2, 0) is 4.74 Å². The van der Waals surface area contributed by atoms with E-state index in [9.17, 15) is 0 Å². The molecule has 0 spiro atoms. The van der Waals surface area contributed by atoms with Gasteiger partial charge in [0, 0.05) is 13.2 Å². The summed E-state index contributed by atoms with van der Waals surface area (Å²) in [5, 5.41) is 3.34. The van der Waals surface area contributed by atoms with Crippen LogP contribution in [0.3, 0.4) is 0 Å². The molecular formula is C9H19NO. The first-order chi connectivity index (χ1) is 5.43. The zero-order valence-electron chi connectivity index (χ0n) is 7.44. The minimum Gasteiger partial charge on any atom is -0.377 e. The van der Waals surface area contributed by atoms with Gasteiger partial charge in [0.15, 0.2) is 0 Å². The molecule has 0 aliphatic carbocycles. The van der Waals surface area contributed by atoms with Crippen molar-refractivity contribution in [3.63, 3.8) is 0 Å². The molecule has 0 amide bonds.